The predicted octanol–water partition coefficient (Wildman–Crippen LogP) is 3.50. The maximum atomic E-state index is 12.1. The normalized spacial score (nSPS) is 10.9. The number of nitrogen functional groups attached to an aromatic ring is 1. The molecule has 4 nitrogen and oxygen atoms in total. The van der Waals surface area contributed by atoms with E-state index >= 15 is 0 Å². The van der Waals surface area contributed by atoms with E-state index in [0.717, 1.165) is 28.8 Å². The Hall–Kier alpha value is -1.62. The highest BCUT2D eigenvalue weighted by molar-refractivity contribution is 7.21. The molecule has 0 aliphatic carbocycles. The van der Waals surface area contributed by atoms with Crippen molar-refractivity contribution in [2.45, 2.75) is 39.5 Å². The Balaban J connectivity index is 2.04. The zero-order valence-electron chi connectivity index (χ0n) is 12.0. The van der Waals surface area contributed by atoms with Gasteiger partial charge in [0.05, 0.1) is 5.69 Å². The van der Waals surface area contributed by atoms with Crippen molar-refractivity contribution in [3.8, 4) is 0 Å². The number of rotatable bonds is 6. The van der Waals surface area contributed by atoms with Gasteiger partial charge < -0.3 is 11.1 Å². The van der Waals surface area contributed by atoms with Gasteiger partial charge >= 0.3 is 0 Å². The van der Waals surface area contributed by atoms with Gasteiger partial charge in [-0.05, 0) is 25.5 Å². The van der Waals surface area contributed by atoms with Crippen molar-refractivity contribution in [3.63, 3.8) is 0 Å². The van der Waals surface area contributed by atoms with Gasteiger partial charge in [0.25, 0.3) is 5.91 Å². The minimum atomic E-state index is -0.0837. The smallest absolute Gasteiger partial charge is 0.263 e. The molecule has 2 aromatic rings. The van der Waals surface area contributed by atoms with Crippen molar-refractivity contribution in [2.75, 3.05) is 12.3 Å². The molecule has 2 rings (SSSR count). The van der Waals surface area contributed by atoms with Crippen molar-refractivity contribution in [3.05, 3.63) is 22.7 Å². The Morgan fingerprint density at radius 1 is 1.35 bits per heavy atom. The van der Waals surface area contributed by atoms with Crippen LogP contribution < -0.4 is 11.1 Å². The summed E-state index contributed by atoms with van der Waals surface area (Å²) in [6.07, 6.45) is 4.58. The zero-order valence-corrected chi connectivity index (χ0v) is 12.8. The first-order valence-corrected chi connectivity index (χ1v) is 7.89. The molecule has 0 aromatic carbocycles. The van der Waals surface area contributed by atoms with Crippen LogP contribution in [0.15, 0.2) is 12.1 Å². The van der Waals surface area contributed by atoms with E-state index in [-0.39, 0.29) is 5.91 Å². The van der Waals surface area contributed by atoms with Crippen molar-refractivity contribution >= 4 is 33.1 Å². The fraction of sp³-hybridized carbons (Fsp3) is 0.467. The molecule has 0 bridgehead atoms. The number of fused-ring (bicyclic) bond motifs is 1. The molecule has 20 heavy (non-hydrogen) atoms. The second-order valence-corrected chi connectivity index (χ2v) is 5.97. The van der Waals surface area contributed by atoms with E-state index in [0.29, 0.717) is 17.1 Å². The van der Waals surface area contributed by atoms with E-state index in [4.69, 9.17) is 5.73 Å². The minimum absolute atomic E-state index is 0.0837. The first-order chi connectivity index (χ1) is 9.63. The van der Waals surface area contributed by atoms with Crippen LogP contribution in [0.5, 0.6) is 0 Å². The second-order valence-electron chi connectivity index (χ2n) is 4.97. The lowest BCUT2D eigenvalue weighted by Gasteiger charge is -2.03. The average molecular weight is 291 g/mol. The first-order valence-electron chi connectivity index (χ1n) is 7.07. The molecule has 0 spiro atoms. The van der Waals surface area contributed by atoms with Gasteiger partial charge in [-0.2, -0.15) is 0 Å². The zero-order chi connectivity index (χ0) is 14.5. The maximum absolute atomic E-state index is 12.1. The number of nitrogens with zero attached hydrogens (tertiary/aromatic N) is 1. The molecule has 0 fully saturated rings. The number of amides is 1. The Kier molecular flexibility index (Phi) is 4.95. The van der Waals surface area contributed by atoms with E-state index in [1.807, 2.05) is 19.1 Å². The molecule has 2 heterocycles. The van der Waals surface area contributed by atoms with E-state index in [2.05, 4.69) is 17.2 Å². The van der Waals surface area contributed by atoms with Crippen LogP contribution in [0, 0.1) is 6.92 Å². The number of carbonyl (C=O) groups is 1. The number of unbranched alkanes of at least 4 members (excludes halogenated alkanes) is 3. The Morgan fingerprint density at radius 3 is 2.90 bits per heavy atom. The third-order valence-electron chi connectivity index (χ3n) is 3.26. The maximum Gasteiger partial charge on any atom is 0.263 e. The first kappa shape index (κ1) is 14.8. The number of pyridine rings is 1. The highest BCUT2D eigenvalue weighted by Crippen LogP contribution is 2.32. The molecular weight excluding hydrogens is 270 g/mol. The fourth-order valence-corrected chi connectivity index (χ4v) is 3.15. The molecule has 2 aromatic heterocycles. The predicted molar refractivity (Wildman–Crippen MR) is 85.2 cm³/mol. The van der Waals surface area contributed by atoms with Crippen LogP contribution in [0.4, 0.5) is 5.69 Å². The molecule has 0 atom stereocenters. The monoisotopic (exact) mass is 291 g/mol. The molecule has 0 aliphatic heterocycles. The summed E-state index contributed by atoms with van der Waals surface area (Å²) in [5.74, 6) is -0.0837. The number of nitrogens with one attached hydrogen (secondary N) is 1. The summed E-state index contributed by atoms with van der Waals surface area (Å²) in [6.45, 7) is 4.81. The Labute approximate surface area is 123 Å². The molecule has 3 N–H and O–H groups in total. The fourth-order valence-electron chi connectivity index (χ4n) is 2.09. The number of nitrogens with two attached hydrogens (primary N) is 1. The van der Waals surface area contributed by atoms with Crippen LogP contribution in [0.25, 0.3) is 10.2 Å². The molecule has 0 aliphatic rings. The quantitative estimate of drug-likeness (QED) is 0.800. The van der Waals surface area contributed by atoms with E-state index in [9.17, 15) is 4.79 Å². The number of thiophene rings is 1. The molecule has 0 unspecified atom stereocenters. The van der Waals surface area contributed by atoms with Crippen LogP contribution in [0.3, 0.4) is 0 Å². The van der Waals surface area contributed by atoms with Crippen LogP contribution in [0.1, 0.15) is 48.0 Å². The summed E-state index contributed by atoms with van der Waals surface area (Å²) in [7, 11) is 0. The number of hydrogen-bond donors (Lipinski definition) is 2. The van der Waals surface area contributed by atoms with Crippen LogP contribution in [0.2, 0.25) is 0 Å². The van der Waals surface area contributed by atoms with E-state index < -0.39 is 0 Å². The third kappa shape index (κ3) is 3.28. The second kappa shape index (κ2) is 6.70. The SMILES string of the molecule is CCCCCCNC(=O)c1sc2nc(C)ccc2c1N. The molecule has 0 saturated carbocycles. The molecule has 1 amide bonds. The van der Waals surface area contributed by atoms with E-state index in [1.165, 1.54) is 24.2 Å². The standard InChI is InChI=1S/C15H21N3OS/c1-3-4-5-6-9-17-14(19)13-12(16)11-8-7-10(2)18-15(11)20-13/h7-8H,3-6,9,16H2,1-2H3,(H,17,19). The molecule has 0 saturated heterocycles. The summed E-state index contributed by atoms with van der Waals surface area (Å²) in [6, 6.07) is 3.85. The minimum Gasteiger partial charge on any atom is -0.397 e. The van der Waals surface area contributed by atoms with E-state index in [1.54, 1.807) is 0 Å². The number of anilines is 1. The third-order valence-corrected chi connectivity index (χ3v) is 4.37. The molecular formula is C15H21N3OS. The van der Waals surface area contributed by atoms with Gasteiger partial charge in [-0.25, -0.2) is 4.98 Å². The Bertz CT molecular complexity index is 606. The molecule has 5 heteroatoms. The number of aromatic nitrogens is 1. The van der Waals surface area contributed by atoms with Crippen molar-refractivity contribution in [2.24, 2.45) is 0 Å². The summed E-state index contributed by atoms with van der Waals surface area (Å²) in [5.41, 5.74) is 7.53. The number of aryl methyl sites for hydroxylation is 1. The highest BCUT2D eigenvalue weighted by Gasteiger charge is 2.16. The highest BCUT2D eigenvalue weighted by atomic mass is 32.1. The van der Waals surface area contributed by atoms with Crippen molar-refractivity contribution in [1.82, 2.24) is 10.3 Å². The lowest BCUT2D eigenvalue weighted by atomic mass is 10.2. The van der Waals surface area contributed by atoms with Crippen molar-refractivity contribution < 1.29 is 4.79 Å². The van der Waals surface area contributed by atoms with Crippen LogP contribution in [-0.4, -0.2) is 17.4 Å². The largest absolute Gasteiger partial charge is 0.397 e. The van der Waals surface area contributed by atoms with Gasteiger partial charge in [0.2, 0.25) is 0 Å². The molecule has 108 valence electrons. The summed E-state index contributed by atoms with van der Waals surface area (Å²) < 4.78 is 0. The summed E-state index contributed by atoms with van der Waals surface area (Å²) in [4.78, 5) is 18.0. The van der Waals surface area contributed by atoms with Gasteiger partial charge in [0.15, 0.2) is 0 Å². The lowest BCUT2D eigenvalue weighted by molar-refractivity contribution is 0.0958. The van der Waals surface area contributed by atoms with Crippen molar-refractivity contribution in [1.29, 1.82) is 0 Å². The summed E-state index contributed by atoms with van der Waals surface area (Å²) >= 11 is 1.37. The topological polar surface area (TPSA) is 68.0 Å². The number of carbonyl (C=O) groups excluding carboxylic acids is 1. The summed E-state index contributed by atoms with van der Waals surface area (Å²) in [5, 5.41) is 3.81. The van der Waals surface area contributed by atoms with Gasteiger partial charge in [-0.3, -0.25) is 4.79 Å². The van der Waals surface area contributed by atoms with Gasteiger partial charge in [-0.1, -0.05) is 26.2 Å². The van der Waals surface area contributed by atoms with Gasteiger partial charge in [0, 0.05) is 17.6 Å². The lowest BCUT2D eigenvalue weighted by Crippen LogP contribution is -2.24. The van der Waals surface area contributed by atoms with Crippen LogP contribution >= 0.6 is 11.3 Å². The Morgan fingerprint density at radius 2 is 2.15 bits per heavy atom. The molecule has 0 radical (unpaired) electrons. The average Bonchev–Trinajstić information content (AvgIpc) is 2.75. The van der Waals surface area contributed by atoms with Gasteiger partial charge in [0.1, 0.15) is 9.71 Å². The number of hydrogen-bond acceptors (Lipinski definition) is 4. The van der Waals surface area contributed by atoms with Gasteiger partial charge in [-0.15, -0.1) is 11.3 Å². The van der Waals surface area contributed by atoms with Crippen LogP contribution in [-0.2, 0) is 0 Å².